The number of aromatic nitrogens is 4. The van der Waals surface area contributed by atoms with Crippen LogP contribution >= 0.6 is 0 Å². The van der Waals surface area contributed by atoms with Crippen LogP contribution in [0.4, 0.5) is 19.0 Å². The van der Waals surface area contributed by atoms with Crippen molar-refractivity contribution in [2.75, 3.05) is 5.32 Å². The van der Waals surface area contributed by atoms with Gasteiger partial charge in [-0.1, -0.05) is 0 Å². The van der Waals surface area contributed by atoms with Gasteiger partial charge in [-0.3, -0.25) is 0 Å². The van der Waals surface area contributed by atoms with Crippen LogP contribution in [-0.4, -0.2) is 19.7 Å². The lowest BCUT2D eigenvalue weighted by atomic mass is 10.4. The van der Waals surface area contributed by atoms with E-state index in [0.29, 0.717) is 6.54 Å². The van der Waals surface area contributed by atoms with E-state index in [1.165, 1.54) is 6.07 Å². The number of rotatable bonds is 3. The molecule has 2 heterocycles. The van der Waals surface area contributed by atoms with Crippen LogP contribution in [0.1, 0.15) is 11.5 Å². The summed E-state index contributed by atoms with van der Waals surface area (Å²) in [6.45, 7) is 0.365. The predicted molar refractivity (Wildman–Crippen MR) is 57.6 cm³/mol. The second kappa shape index (κ2) is 4.63. The molecule has 5 nitrogen and oxygen atoms in total. The Balaban J connectivity index is 2.01. The van der Waals surface area contributed by atoms with Crippen molar-refractivity contribution in [3.63, 3.8) is 0 Å². The average molecular weight is 257 g/mol. The number of nitrogens with one attached hydrogen (secondary N) is 1. The van der Waals surface area contributed by atoms with Crippen LogP contribution in [0.5, 0.6) is 0 Å². The zero-order valence-electron chi connectivity index (χ0n) is 9.44. The third kappa shape index (κ3) is 2.76. The van der Waals surface area contributed by atoms with Gasteiger partial charge in [-0.15, -0.1) is 10.2 Å². The molecule has 0 amide bonds. The van der Waals surface area contributed by atoms with Crippen molar-refractivity contribution >= 4 is 5.82 Å². The van der Waals surface area contributed by atoms with E-state index in [2.05, 4.69) is 20.5 Å². The first kappa shape index (κ1) is 12.3. The lowest BCUT2D eigenvalue weighted by Gasteiger charge is -2.07. The molecular formula is C10H10F3N5. The Morgan fingerprint density at radius 2 is 2.06 bits per heavy atom. The summed E-state index contributed by atoms with van der Waals surface area (Å²) < 4.78 is 38.5. The number of nitrogens with zero attached hydrogens (tertiary/aromatic N) is 4. The zero-order valence-corrected chi connectivity index (χ0v) is 9.44. The monoisotopic (exact) mass is 257 g/mol. The molecule has 2 aromatic heterocycles. The largest absolute Gasteiger partial charge is 0.435 e. The van der Waals surface area contributed by atoms with E-state index in [-0.39, 0.29) is 5.82 Å². The quantitative estimate of drug-likeness (QED) is 0.911. The third-order valence-corrected chi connectivity index (χ3v) is 2.30. The molecule has 0 aliphatic carbocycles. The number of hydrogen-bond donors (Lipinski definition) is 1. The minimum Gasteiger partial charge on any atom is -0.361 e. The minimum atomic E-state index is -4.47. The molecule has 0 bridgehead atoms. The van der Waals surface area contributed by atoms with Gasteiger partial charge in [0.1, 0.15) is 11.6 Å². The molecule has 0 spiro atoms. The van der Waals surface area contributed by atoms with Crippen LogP contribution < -0.4 is 5.32 Å². The number of hydrogen-bond acceptors (Lipinski definition) is 4. The summed E-state index contributed by atoms with van der Waals surface area (Å²) in [5.41, 5.74) is -1.01. The highest BCUT2D eigenvalue weighted by Gasteiger charge is 2.32. The van der Waals surface area contributed by atoms with E-state index in [4.69, 9.17) is 0 Å². The van der Waals surface area contributed by atoms with Gasteiger partial charge in [-0.05, 0) is 12.1 Å². The SMILES string of the molecule is Cn1ccnc1CNc1ccc(C(F)(F)F)nn1. The second-order valence-corrected chi connectivity index (χ2v) is 3.61. The minimum absolute atomic E-state index is 0.269. The van der Waals surface area contributed by atoms with Crippen LogP contribution in [0, 0.1) is 0 Å². The first-order valence-corrected chi connectivity index (χ1v) is 5.08. The lowest BCUT2D eigenvalue weighted by molar-refractivity contribution is -0.141. The summed E-state index contributed by atoms with van der Waals surface area (Å²) in [4.78, 5) is 4.06. The summed E-state index contributed by atoms with van der Waals surface area (Å²) in [6.07, 6.45) is -1.06. The van der Waals surface area contributed by atoms with Gasteiger partial charge in [-0.25, -0.2) is 4.98 Å². The maximum Gasteiger partial charge on any atom is 0.435 e. The standard InChI is InChI=1S/C10H10F3N5/c1-18-5-4-14-9(18)6-15-8-3-2-7(16-17-8)10(11,12)13/h2-5H,6H2,1H3,(H,15,17). The topological polar surface area (TPSA) is 55.6 Å². The van der Waals surface area contributed by atoms with Gasteiger partial charge in [0.2, 0.25) is 0 Å². The molecule has 0 unspecified atom stereocenters. The van der Waals surface area contributed by atoms with E-state index >= 15 is 0 Å². The van der Waals surface area contributed by atoms with Crippen LogP contribution in [0.3, 0.4) is 0 Å². The van der Waals surface area contributed by atoms with Crippen molar-refractivity contribution in [2.45, 2.75) is 12.7 Å². The molecule has 0 fully saturated rings. The van der Waals surface area contributed by atoms with Crippen molar-refractivity contribution in [3.05, 3.63) is 36.0 Å². The van der Waals surface area contributed by atoms with Crippen LogP contribution in [0.2, 0.25) is 0 Å². The molecule has 0 aliphatic rings. The fourth-order valence-corrected chi connectivity index (χ4v) is 1.31. The Hall–Kier alpha value is -2.12. The molecule has 0 saturated heterocycles. The molecular weight excluding hydrogens is 247 g/mol. The number of imidazole rings is 1. The molecule has 96 valence electrons. The maximum atomic E-state index is 12.2. The summed E-state index contributed by atoms with van der Waals surface area (Å²) in [6, 6.07) is 2.12. The Labute approximate surface area is 101 Å². The smallest absolute Gasteiger partial charge is 0.361 e. The first-order chi connectivity index (χ1) is 8.47. The number of alkyl halides is 3. The summed E-state index contributed by atoms with van der Waals surface area (Å²) in [7, 11) is 1.82. The van der Waals surface area contributed by atoms with Gasteiger partial charge < -0.3 is 9.88 Å². The Kier molecular flexibility index (Phi) is 3.17. The second-order valence-electron chi connectivity index (χ2n) is 3.61. The molecule has 0 aliphatic heterocycles. The van der Waals surface area contributed by atoms with Crippen molar-refractivity contribution in [1.82, 2.24) is 19.7 Å². The molecule has 0 radical (unpaired) electrons. The van der Waals surface area contributed by atoms with Gasteiger partial charge in [0.15, 0.2) is 5.69 Å². The first-order valence-electron chi connectivity index (χ1n) is 5.08. The van der Waals surface area contributed by atoms with Crippen molar-refractivity contribution < 1.29 is 13.2 Å². The molecule has 18 heavy (non-hydrogen) atoms. The highest BCUT2D eigenvalue weighted by Crippen LogP contribution is 2.27. The fourth-order valence-electron chi connectivity index (χ4n) is 1.31. The van der Waals surface area contributed by atoms with E-state index < -0.39 is 11.9 Å². The number of halogens is 3. The van der Waals surface area contributed by atoms with Crippen LogP contribution in [0.15, 0.2) is 24.5 Å². The fraction of sp³-hybridized carbons (Fsp3) is 0.300. The molecule has 0 aromatic carbocycles. The van der Waals surface area contributed by atoms with E-state index in [9.17, 15) is 13.2 Å². The lowest BCUT2D eigenvalue weighted by Crippen LogP contribution is -2.11. The Morgan fingerprint density at radius 1 is 1.28 bits per heavy atom. The van der Waals surface area contributed by atoms with E-state index in [0.717, 1.165) is 11.9 Å². The summed E-state index contributed by atoms with van der Waals surface area (Å²) in [5.74, 6) is 1.02. The molecule has 1 N–H and O–H groups in total. The highest BCUT2D eigenvalue weighted by molar-refractivity contribution is 5.33. The van der Waals surface area contributed by atoms with Gasteiger partial charge in [0.05, 0.1) is 6.54 Å². The molecule has 8 heteroatoms. The van der Waals surface area contributed by atoms with Crippen LogP contribution in [0.25, 0.3) is 0 Å². The van der Waals surface area contributed by atoms with Gasteiger partial charge in [-0.2, -0.15) is 13.2 Å². The number of aryl methyl sites for hydroxylation is 1. The van der Waals surface area contributed by atoms with Gasteiger partial charge in [0.25, 0.3) is 0 Å². The summed E-state index contributed by atoms with van der Waals surface area (Å²) >= 11 is 0. The van der Waals surface area contributed by atoms with Crippen molar-refractivity contribution in [3.8, 4) is 0 Å². The zero-order chi connectivity index (χ0) is 13.2. The predicted octanol–water partition coefficient (Wildman–Crippen LogP) is 1.84. The number of anilines is 1. The normalized spacial score (nSPS) is 11.6. The summed E-state index contributed by atoms with van der Waals surface area (Å²) in [5, 5.41) is 9.41. The van der Waals surface area contributed by atoms with Crippen molar-refractivity contribution in [2.24, 2.45) is 7.05 Å². The molecule has 2 aromatic rings. The highest BCUT2D eigenvalue weighted by atomic mass is 19.4. The average Bonchev–Trinajstić information content (AvgIpc) is 2.72. The van der Waals surface area contributed by atoms with Crippen LogP contribution in [-0.2, 0) is 19.8 Å². The van der Waals surface area contributed by atoms with E-state index in [1.807, 2.05) is 7.05 Å². The molecule has 0 saturated carbocycles. The van der Waals surface area contributed by atoms with Crippen molar-refractivity contribution in [1.29, 1.82) is 0 Å². The molecule has 2 rings (SSSR count). The third-order valence-electron chi connectivity index (χ3n) is 2.30. The van der Waals surface area contributed by atoms with E-state index in [1.54, 1.807) is 17.0 Å². The molecule has 0 atom stereocenters. The Bertz CT molecular complexity index is 517. The van der Waals surface area contributed by atoms with Gasteiger partial charge in [0, 0.05) is 19.4 Å². The Morgan fingerprint density at radius 3 is 2.56 bits per heavy atom. The van der Waals surface area contributed by atoms with Gasteiger partial charge >= 0.3 is 6.18 Å². The maximum absolute atomic E-state index is 12.2.